The molecule has 3 aromatic rings. The summed E-state index contributed by atoms with van der Waals surface area (Å²) in [6, 6.07) is 12.2. The van der Waals surface area contributed by atoms with Crippen LogP contribution in [-0.2, 0) is 0 Å². The number of benzene rings is 3. The number of carbonyl (C=O) groups is 2. The van der Waals surface area contributed by atoms with Crippen LogP contribution in [0.3, 0.4) is 0 Å². The number of rotatable bonds is 4. The number of phenols is 1. The first-order chi connectivity index (χ1) is 13.7. The van der Waals surface area contributed by atoms with Crippen LogP contribution in [0.2, 0.25) is 25.1 Å². The minimum atomic E-state index is -0.970. The molecule has 0 radical (unpaired) electrons. The van der Waals surface area contributed by atoms with Gasteiger partial charge in [0.2, 0.25) is 0 Å². The fourth-order valence-electron chi connectivity index (χ4n) is 2.45. The average Bonchev–Trinajstić information content (AvgIpc) is 2.71. The largest absolute Gasteiger partial charge is 0.507 e. The van der Waals surface area contributed by atoms with Crippen molar-refractivity contribution in [2.24, 2.45) is 0 Å². The molecule has 0 unspecified atom stereocenters. The predicted octanol–water partition coefficient (Wildman–Crippen LogP) is 7.11. The Labute approximate surface area is 190 Å². The smallest absolute Gasteiger partial charge is 0.346 e. The molecule has 0 spiro atoms. The van der Waals surface area contributed by atoms with Gasteiger partial charge >= 0.3 is 5.97 Å². The van der Waals surface area contributed by atoms with Crippen LogP contribution in [0, 0.1) is 0 Å². The van der Waals surface area contributed by atoms with Crippen molar-refractivity contribution in [3.63, 3.8) is 0 Å². The number of ether oxygens (including phenoxy) is 1. The molecule has 0 atom stereocenters. The maximum atomic E-state index is 12.5. The van der Waals surface area contributed by atoms with Gasteiger partial charge in [0.25, 0.3) is 0 Å². The normalized spacial score (nSPS) is 10.7. The summed E-state index contributed by atoms with van der Waals surface area (Å²) in [4.78, 5) is 25.0. The van der Waals surface area contributed by atoms with Crippen LogP contribution in [0.4, 0.5) is 0 Å². The summed E-state index contributed by atoms with van der Waals surface area (Å²) in [5.41, 5.74) is 0.165. The van der Waals surface area contributed by atoms with Gasteiger partial charge in [-0.25, -0.2) is 4.79 Å². The third kappa shape index (κ3) is 4.32. The van der Waals surface area contributed by atoms with Crippen molar-refractivity contribution in [1.29, 1.82) is 0 Å². The van der Waals surface area contributed by atoms with Crippen molar-refractivity contribution in [2.75, 3.05) is 0 Å². The molecule has 0 aliphatic heterocycles. The highest BCUT2D eigenvalue weighted by molar-refractivity contribution is 6.56. The third-order valence-electron chi connectivity index (χ3n) is 3.87. The van der Waals surface area contributed by atoms with Crippen LogP contribution < -0.4 is 4.74 Å². The highest BCUT2D eigenvalue weighted by Gasteiger charge is 2.26. The Bertz CT molecular complexity index is 1100. The number of aromatic hydroxyl groups is 1. The van der Waals surface area contributed by atoms with E-state index < -0.39 is 5.97 Å². The van der Waals surface area contributed by atoms with Crippen LogP contribution in [0.15, 0.2) is 48.5 Å². The molecule has 0 fully saturated rings. The van der Waals surface area contributed by atoms with Gasteiger partial charge in [0.15, 0.2) is 5.78 Å². The van der Waals surface area contributed by atoms with Crippen molar-refractivity contribution >= 4 is 69.8 Å². The second-order valence-corrected chi connectivity index (χ2v) is 7.60. The van der Waals surface area contributed by atoms with Gasteiger partial charge in [-0.1, -0.05) is 88.3 Å². The number of carbonyl (C=O) groups excluding carboxylic acids is 2. The topological polar surface area (TPSA) is 63.6 Å². The van der Waals surface area contributed by atoms with E-state index in [1.807, 2.05) is 0 Å². The predicted molar refractivity (Wildman–Crippen MR) is 114 cm³/mol. The molecule has 0 amide bonds. The summed E-state index contributed by atoms with van der Waals surface area (Å²) in [5, 5.41) is 9.37. The number of halogens is 5. The van der Waals surface area contributed by atoms with Gasteiger partial charge in [-0.3, -0.25) is 4.79 Å². The van der Waals surface area contributed by atoms with E-state index in [9.17, 15) is 14.7 Å². The number of ketones is 1. The SMILES string of the molecule is O=C(c1ccccc1)c1ccc(OC(=O)c2c(Cl)c(Cl)c(Cl)c(Cl)c2Cl)cc1O. The standard InChI is InChI=1S/C20H9Cl5O4/c21-14-13(15(22)17(24)18(25)16(14)23)20(28)29-10-6-7-11(12(26)8-10)19(27)9-4-2-1-3-5-9/h1-8,26H. The van der Waals surface area contributed by atoms with Crippen LogP contribution >= 0.6 is 58.0 Å². The van der Waals surface area contributed by atoms with Gasteiger partial charge in [0, 0.05) is 11.6 Å². The van der Waals surface area contributed by atoms with E-state index in [0.717, 1.165) is 6.07 Å². The van der Waals surface area contributed by atoms with Gasteiger partial charge < -0.3 is 9.84 Å². The summed E-state index contributed by atoms with van der Waals surface area (Å²) in [6.07, 6.45) is 0. The molecule has 0 saturated heterocycles. The lowest BCUT2D eigenvalue weighted by atomic mass is 10.0. The highest BCUT2D eigenvalue weighted by Crippen LogP contribution is 2.44. The van der Waals surface area contributed by atoms with Crippen molar-refractivity contribution in [3.05, 3.63) is 90.3 Å². The molecule has 148 valence electrons. The first-order valence-corrected chi connectivity index (χ1v) is 9.77. The van der Waals surface area contributed by atoms with Gasteiger partial charge in [0.05, 0.1) is 30.7 Å². The zero-order valence-corrected chi connectivity index (χ0v) is 18.0. The summed E-state index contributed by atoms with van der Waals surface area (Å²) >= 11 is 29.9. The highest BCUT2D eigenvalue weighted by atomic mass is 35.5. The number of esters is 1. The van der Waals surface area contributed by atoms with Crippen LogP contribution in [-0.4, -0.2) is 16.9 Å². The Balaban J connectivity index is 1.90. The first-order valence-electron chi connectivity index (χ1n) is 7.88. The van der Waals surface area contributed by atoms with Crippen molar-refractivity contribution in [3.8, 4) is 11.5 Å². The summed E-state index contributed by atoms with van der Waals surface area (Å²) in [7, 11) is 0. The molecule has 0 aliphatic rings. The molecule has 4 nitrogen and oxygen atoms in total. The zero-order valence-electron chi connectivity index (χ0n) is 14.2. The number of hydrogen-bond acceptors (Lipinski definition) is 4. The summed E-state index contributed by atoms with van der Waals surface area (Å²) < 4.78 is 5.19. The zero-order chi connectivity index (χ0) is 21.3. The van der Waals surface area contributed by atoms with E-state index in [1.165, 1.54) is 12.1 Å². The van der Waals surface area contributed by atoms with Gasteiger partial charge in [0.1, 0.15) is 17.1 Å². The molecule has 29 heavy (non-hydrogen) atoms. The van der Waals surface area contributed by atoms with Gasteiger partial charge in [-0.15, -0.1) is 0 Å². The first kappa shape index (κ1) is 21.8. The van der Waals surface area contributed by atoms with Crippen molar-refractivity contribution < 1.29 is 19.4 Å². The molecule has 0 saturated carbocycles. The van der Waals surface area contributed by atoms with Crippen LogP contribution in [0.5, 0.6) is 11.5 Å². The van der Waals surface area contributed by atoms with Crippen molar-refractivity contribution in [1.82, 2.24) is 0 Å². The van der Waals surface area contributed by atoms with E-state index in [0.29, 0.717) is 5.56 Å². The molecule has 9 heteroatoms. The summed E-state index contributed by atoms with van der Waals surface area (Å²) in [5.74, 6) is -1.77. The molecule has 1 N–H and O–H groups in total. The minimum Gasteiger partial charge on any atom is -0.507 e. The Hall–Kier alpha value is -1.95. The molecule has 0 bridgehead atoms. The second-order valence-electron chi connectivity index (χ2n) is 5.71. The van der Waals surface area contributed by atoms with Gasteiger partial charge in [-0.05, 0) is 12.1 Å². The molecular weight excluding hydrogens is 481 g/mol. The Morgan fingerprint density at radius 2 is 1.31 bits per heavy atom. The Kier molecular flexibility index (Phi) is 6.62. The minimum absolute atomic E-state index is 0.0460. The molecule has 3 rings (SSSR count). The molecular formula is C20H9Cl5O4. The molecule has 0 aromatic heterocycles. The maximum absolute atomic E-state index is 12.5. The Morgan fingerprint density at radius 1 is 0.759 bits per heavy atom. The van der Waals surface area contributed by atoms with E-state index in [2.05, 4.69) is 0 Å². The molecule has 3 aromatic carbocycles. The fourth-order valence-corrected chi connectivity index (χ4v) is 3.75. The van der Waals surface area contributed by atoms with E-state index >= 15 is 0 Å². The Morgan fingerprint density at radius 3 is 1.86 bits per heavy atom. The fraction of sp³-hybridized carbons (Fsp3) is 0. The monoisotopic (exact) mass is 488 g/mol. The van der Waals surface area contributed by atoms with Crippen LogP contribution in [0.25, 0.3) is 0 Å². The van der Waals surface area contributed by atoms with Crippen LogP contribution in [0.1, 0.15) is 26.3 Å². The number of phenolic OH excluding ortho intramolecular Hbond substituents is 1. The van der Waals surface area contributed by atoms with E-state index in [-0.39, 0.29) is 53.5 Å². The quantitative estimate of drug-likeness (QED) is 0.139. The molecule has 0 heterocycles. The lowest BCUT2D eigenvalue weighted by molar-refractivity contribution is 0.0735. The lowest BCUT2D eigenvalue weighted by Gasteiger charge is -2.12. The van der Waals surface area contributed by atoms with E-state index in [4.69, 9.17) is 62.7 Å². The third-order valence-corrected chi connectivity index (χ3v) is 6.15. The molecule has 0 aliphatic carbocycles. The summed E-state index contributed by atoms with van der Waals surface area (Å²) in [6.45, 7) is 0. The number of hydrogen-bond donors (Lipinski definition) is 1. The lowest BCUT2D eigenvalue weighted by Crippen LogP contribution is -2.11. The average molecular weight is 491 g/mol. The van der Waals surface area contributed by atoms with Crippen molar-refractivity contribution in [2.45, 2.75) is 0 Å². The van der Waals surface area contributed by atoms with Gasteiger partial charge in [-0.2, -0.15) is 0 Å². The second kappa shape index (κ2) is 8.82. The van der Waals surface area contributed by atoms with E-state index in [1.54, 1.807) is 30.3 Å². The maximum Gasteiger partial charge on any atom is 0.346 e.